The molecule has 3 nitrogen and oxygen atoms in total. The van der Waals surface area contributed by atoms with Gasteiger partial charge in [-0.3, -0.25) is 4.79 Å². The summed E-state index contributed by atoms with van der Waals surface area (Å²) in [6, 6.07) is 5.39. The fourth-order valence-electron chi connectivity index (χ4n) is 3.81. The third-order valence-corrected chi connectivity index (χ3v) is 5.24. The third kappa shape index (κ3) is 2.30. The Kier molecular flexibility index (Phi) is 3.45. The standard InChI is InChI=1S/C17H23NO2/c1-13-5-4-6-14(15(13)19)16(20)18-11-9-17(10-12-18)7-2-3-8-17/h4-6,19H,2-3,7-12H2,1H3. The molecule has 1 saturated carbocycles. The lowest BCUT2D eigenvalue weighted by molar-refractivity contribution is 0.0584. The molecule has 0 atom stereocenters. The van der Waals surface area contributed by atoms with E-state index >= 15 is 0 Å². The van der Waals surface area contributed by atoms with E-state index < -0.39 is 0 Å². The van der Waals surface area contributed by atoms with Gasteiger partial charge < -0.3 is 10.0 Å². The number of phenols is 1. The number of phenolic OH excluding ortho intramolecular Hbond substituents is 1. The molecule has 1 saturated heterocycles. The summed E-state index contributed by atoms with van der Waals surface area (Å²) in [7, 11) is 0. The van der Waals surface area contributed by atoms with Crippen LogP contribution < -0.4 is 0 Å². The SMILES string of the molecule is Cc1cccc(C(=O)N2CCC3(CCCC3)CC2)c1O. The van der Waals surface area contributed by atoms with Crippen molar-refractivity contribution in [3.8, 4) is 5.75 Å². The smallest absolute Gasteiger partial charge is 0.257 e. The first kappa shape index (κ1) is 13.5. The van der Waals surface area contributed by atoms with Crippen LogP contribution in [0.25, 0.3) is 0 Å². The highest BCUT2D eigenvalue weighted by Gasteiger charge is 2.38. The van der Waals surface area contributed by atoms with Gasteiger partial charge in [0.05, 0.1) is 5.56 Å². The molecule has 0 bridgehead atoms. The average Bonchev–Trinajstić information content (AvgIpc) is 2.90. The van der Waals surface area contributed by atoms with Crippen LogP contribution in [-0.4, -0.2) is 29.0 Å². The van der Waals surface area contributed by atoms with Gasteiger partial charge in [-0.2, -0.15) is 0 Å². The first-order valence-electron chi connectivity index (χ1n) is 7.69. The predicted octanol–water partition coefficient (Wildman–Crippen LogP) is 3.50. The van der Waals surface area contributed by atoms with Gasteiger partial charge in [-0.05, 0) is 49.7 Å². The van der Waals surface area contributed by atoms with Crippen molar-refractivity contribution in [3.05, 3.63) is 29.3 Å². The number of piperidine rings is 1. The summed E-state index contributed by atoms with van der Waals surface area (Å²) in [5.41, 5.74) is 1.73. The van der Waals surface area contributed by atoms with Crippen molar-refractivity contribution in [1.82, 2.24) is 4.90 Å². The van der Waals surface area contributed by atoms with Gasteiger partial charge in [0.1, 0.15) is 5.75 Å². The number of amides is 1. The number of hydrogen-bond donors (Lipinski definition) is 1. The van der Waals surface area contributed by atoms with E-state index in [2.05, 4.69) is 0 Å². The largest absolute Gasteiger partial charge is 0.507 e. The molecular weight excluding hydrogens is 250 g/mol. The number of benzene rings is 1. The Labute approximate surface area is 120 Å². The van der Waals surface area contributed by atoms with Gasteiger partial charge in [0.25, 0.3) is 5.91 Å². The van der Waals surface area contributed by atoms with E-state index in [1.165, 1.54) is 25.7 Å². The van der Waals surface area contributed by atoms with Crippen LogP contribution in [0.15, 0.2) is 18.2 Å². The summed E-state index contributed by atoms with van der Waals surface area (Å²) in [6.07, 6.45) is 7.64. The first-order valence-corrected chi connectivity index (χ1v) is 7.69. The van der Waals surface area contributed by atoms with Crippen molar-refractivity contribution < 1.29 is 9.90 Å². The van der Waals surface area contributed by atoms with E-state index in [-0.39, 0.29) is 11.7 Å². The number of aromatic hydroxyl groups is 1. The van der Waals surface area contributed by atoms with Crippen LogP contribution in [0.4, 0.5) is 0 Å². The number of para-hydroxylation sites is 1. The van der Waals surface area contributed by atoms with E-state index in [1.54, 1.807) is 6.07 Å². The molecule has 1 N–H and O–H groups in total. The quantitative estimate of drug-likeness (QED) is 0.850. The van der Waals surface area contributed by atoms with Gasteiger partial charge in [0.15, 0.2) is 0 Å². The maximum absolute atomic E-state index is 12.5. The zero-order valence-electron chi connectivity index (χ0n) is 12.2. The zero-order valence-corrected chi connectivity index (χ0v) is 12.2. The molecule has 0 radical (unpaired) electrons. The highest BCUT2D eigenvalue weighted by Crippen LogP contribution is 2.46. The Balaban J connectivity index is 1.71. The Morgan fingerprint density at radius 3 is 2.45 bits per heavy atom. The van der Waals surface area contributed by atoms with Crippen molar-refractivity contribution >= 4 is 5.91 Å². The number of carbonyl (C=O) groups is 1. The Hall–Kier alpha value is -1.51. The minimum Gasteiger partial charge on any atom is -0.507 e. The fourth-order valence-corrected chi connectivity index (χ4v) is 3.81. The molecule has 1 amide bonds. The second-order valence-corrected chi connectivity index (χ2v) is 6.47. The molecule has 3 rings (SSSR count). The highest BCUT2D eigenvalue weighted by molar-refractivity contribution is 5.97. The molecule has 1 heterocycles. The monoisotopic (exact) mass is 273 g/mol. The molecule has 20 heavy (non-hydrogen) atoms. The van der Waals surface area contributed by atoms with Crippen LogP contribution in [-0.2, 0) is 0 Å². The molecule has 3 heteroatoms. The van der Waals surface area contributed by atoms with E-state index in [0.717, 1.165) is 31.5 Å². The molecule has 0 aromatic heterocycles. The molecule has 2 fully saturated rings. The topological polar surface area (TPSA) is 40.5 Å². The van der Waals surface area contributed by atoms with Crippen LogP contribution in [0.2, 0.25) is 0 Å². The van der Waals surface area contributed by atoms with Gasteiger partial charge in [-0.15, -0.1) is 0 Å². The first-order chi connectivity index (χ1) is 9.61. The summed E-state index contributed by atoms with van der Waals surface area (Å²) < 4.78 is 0. The molecule has 1 aliphatic carbocycles. The van der Waals surface area contributed by atoms with Gasteiger partial charge in [0.2, 0.25) is 0 Å². The minimum atomic E-state index is -0.0148. The molecule has 108 valence electrons. The number of likely N-dealkylation sites (tertiary alicyclic amines) is 1. The third-order valence-electron chi connectivity index (χ3n) is 5.24. The maximum atomic E-state index is 12.5. The van der Waals surface area contributed by atoms with E-state index in [9.17, 15) is 9.90 Å². The Bertz CT molecular complexity index is 508. The Morgan fingerprint density at radius 1 is 1.15 bits per heavy atom. The van der Waals surface area contributed by atoms with Crippen molar-refractivity contribution in [1.29, 1.82) is 0 Å². The summed E-state index contributed by atoms with van der Waals surface area (Å²) in [4.78, 5) is 14.5. The van der Waals surface area contributed by atoms with Crippen LogP contribution in [0, 0.1) is 12.3 Å². The number of aryl methyl sites for hydroxylation is 1. The molecule has 1 aromatic carbocycles. The zero-order chi connectivity index (χ0) is 14.2. The average molecular weight is 273 g/mol. The van der Waals surface area contributed by atoms with Gasteiger partial charge in [-0.25, -0.2) is 0 Å². The fraction of sp³-hybridized carbons (Fsp3) is 0.588. The van der Waals surface area contributed by atoms with E-state index in [0.29, 0.717) is 11.0 Å². The number of nitrogens with zero attached hydrogens (tertiary/aromatic N) is 1. The van der Waals surface area contributed by atoms with Crippen molar-refractivity contribution in [2.45, 2.75) is 45.4 Å². The van der Waals surface area contributed by atoms with Gasteiger partial charge >= 0.3 is 0 Å². The predicted molar refractivity (Wildman–Crippen MR) is 78.9 cm³/mol. The summed E-state index contributed by atoms with van der Waals surface area (Å²) in [5, 5.41) is 10.1. The van der Waals surface area contributed by atoms with Crippen LogP contribution in [0.5, 0.6) is 5.75 Å². The molecule has 1 aliphatic heterocycles. The lowest BCUT2D eigenvalue weighted by atomic mass is 9.77. The van der Waals surface area contributed by atoms with Crippen molar-refractivity contribution in [2.75, 3.05) is 13.1 Å². The van der Waals surface area contributed by atoms with Crippen LogP contribution >= 0.6 is 0 Å². The van der Waals surface area contributed by atoms with Crippen LogP contribution in [0.1, 0.15) is 54.4 Å². The van der Waals surface area contributed by atoms with Gasteiger partial charge in [-0.1, -0.05) is 25.0 Å². The molecule has 2 aliphatic rings. The van der Waals surface area contributed by atoms with Crippen LogP contribution in [0.3, 0.4) is 0 Å². The summed E-state index contributed by atoms with van der Waals surface area (Å²) >= 11 is 0. The van der Waals surface area contributed by atoms with Crippen molar-refractivity contribution in [3.63, 3.8) is 0 Å². The van der Waals surface area contributed by atoms with E-state index in [4.69, 9.17) is 0 Å². The van der Waals surface area contributed by atoms with E-state index in [1.807, 2.05) is 24.0 Å². The lowest BCUT2D eigenvalue weighted by Crippen LogP contribution is -2.42. The molecule has 1 aromatic rings. The molecule has 1 spiro atoms. The second kappa shape index (κ2) is 5.12. The second-order valence-electron chi connectivity index (χ2n) is 6.47. The Morgan fingerprint density at radius 2 is 1.80 bits per heavy atom. The number of rotatable bonds is 1. The van der Waals surface area contributed by atoms with Crippen molar-refractivity contribution in [2.24, 2.45) is 5.41 Å². The molecule has 0 unspecified atom stereocenters. The highest BCUT2D eigenvalue weighted by atomic mass is 16.3. The summed E-state index contributed by atoms with van der Waals surface area (Å²) in [5.74, 6) is 0.123. The number of carbonyl (C=O) groups excluding carboxylic acids is 1. The normalized spacial score (nSPS) is 21.4. The maximum Gasteiger partial charge on any atom is 0.257 e. The lowest BCUT2D eigenvalue weighted by Gasteiger charge is -2.39. The molecular formula is C17H23NO2. The van der Waals surface area contributed by atoms with Gasteiger partial charge in [0, 0.05) is 13.1 Å². The summed E-state index contributed by atoms with van der Waals surface area (Å²) in [6.45, 7) is 3.51. The minimum absolute atomic E-state index is 0.0148. The number of hydrogen-bond acceptors (Lipinski definition) is 2.